The third-order valence-electron chi connectivity index (χ3n) is 6.09. The first-order valence-corrected chi connectivity index (χ1v) is 9.71. The number of hydrogen-bond acceptors (Lipinski definition) is 7. The second-order valence-electron chi connectivity index (χ2n) is 7.91. The lowest BCUT2D eigenvalue weighted by Crippen LogP contribution is -2.24. The van der Waals surface area contributed by atoms with E-state index >= 15 is 0 Å². The Morgan fingerprint density at radius 3 is 2.93 bits per heavy atom. The van der Waals surface area contributed by atoms with Gasteiger partial charge in [-0.2, -0.15) is 4.98 Å². The molecule has 2 fully saturated rings. The highest BCUT2D eigenvalue weighted by Gasteiger charge is 2.58. The van der Waals surface area contributed by atoms with Crippen LogP contribution in [0.2, 0.25) is 0 Å². The van der Waals surface area contributed by atoms with E-state index in [9.17, 15) is 9.18 Å². The lowest BCUT2D eigenvalue weighted by Gasteiger charge is -2.21. The maximum atomic E-state index is 13.5. The number of anilines is 1. The molecule has 3 aromatic heterocycles. The molecular formula is C20H18FN7O2. The molecule has 0 amide bonds. The molecule has 1 unspecified atom stereocenters. The van der Waals surface area contributed by atoms with Crippen molar-refractivity contribution in [1.29, 1.82) is 0 Å². The Morgan fingerprint density at radius 1 is 1.30 bits per heavy atom. The van der Waals surface area contributed by atoms with Crippen LogP contribution in [0.1, 0.15) is 19.0 Å². The monoisotopic (exact) mass is 408 g/mol. The number of imidazole rings is 1. The zero-order valence-corrected chi connectivity index (χ0v) is 16.1. The quantitative estimate of drug-likeness (QED) is 0.506. The van der Waals surface area contributed by atoms with Crippen molar-refractivity contribution < 1.29 is 10.3 Å². The van der Waals surface area contributed by atoms with Gasteiger partial charge in [0.25, 0.3) is 5.56 Å². The van der Waals surface area contributed by atoms with Crippen LogP contribution in [-0.2, 0) is 13.6 Å². The van der Waals surface area contributed by atoms with Crippen molar-refractivity contribution in [1.82, 2.24) is 29.2 Å². The van der Waals surface area contributed by atoms with Gasteiger partial charge in [0, 0.05) is 31.7 Å². The average molecular weight is 408 g/mol. The van der Waals surface area contributed by atoms with Gasteiger partial charge in [-0.25, -0.2) is 14.4 Å². The molecule has 0 spiro atoms. The SMILES string of the molecule is [2H]c1nc2ncn(Cc3nc(C4[C@H]5CN(c6cccc(F)c6)C[C@@H]45)no3)c(=O)c2n1C. The van der Waals surface area contributed by atoms with Crippen molar-refractivity contribution in [3.8, 4) is 0 Å². The molecule has 0 N–H and O–H groups in total. The van der Waals surface area contributed by atoms with Gasteiger partial charge in [0.15, 0.2) is 17.0 Å². The highest BCUT2D eigenvalue weighted by Crippen LogP contribution is 2.57. The summed E-state index contributed by atoms with van der Waals surface area (Å²) in [5, 5.41) is 4.13. The molecule has 4 aromatic rings. The van der Waals surface area contributed by atoms with Crippen LogP contribution in [0, 0.1) is 17.7 Å². The second-order valence-corrected chi connectivity index (χ2v) is 7.91. The largest absolute Gasteiger partial charge is 0.371 e. The lowest BCUT2D eigenvalue weighted by molar-refractivity contribution is 0.363. The zero-order chi connectivity index (χ0) is 21.3. The molecular weight excluding hydrogens is 389 g/mol. The number of fused-ring (bicyclic) bond motifs is 2. The van der Waals surface area contributed by atoms with E-state index in [-0.39, 0.29) is 41.3 Å². The maximum Gasteiger partial charge on any atom is 0.280 e. The fourth-order valence-corrected chi connectivity index (χ4v) is 4.54. The Morgan fingerprint density at radius 2 is 2.13 bits per heavy atom. The van der Waals surface area contributed by atoms with Crippen molar-refractivity contribution in [2.75, 3.05) is 18.0 Å². The topological polar surface area (TPSA) is 94.9 Å². The Balaban J connectivity index is 1.18. The van der Waals surface area contributed by atoms with E-state index in [0.717, 1.165) is 18.8 Å². The summed E-state index contributed by atoms with van der Waals surface area (Å²) in [6.45, 7) is 1.77. The van der Waals surface area contributed by atoms with Gasteiger partial charge in [0.1, 0.15) is 20.1 Å². The highest BCUT2D eigenvalue weighted by molar-refractivity contribution is 5.68. The number of rotatable bonds is 4. The molecule has 1 aliphatic heterocycles. The van der Waals surface area contributed by atoms with E-state index in [2.05, 4.69) is 25.0 Å². The molecule has 1 aromatic carbocycles. The van der Waals surface area contributed by atoms with E-state index in [1.54, 1.807) is 19.2 Å². The van der Waals surface area contributed by atoms with E-state index < -0.39 is 0 Å². The minimum absolute atomic E-state index is 0.0232. The van der Waals surface area contributed by atoms with Gasteiger partial charge in [-0.15, -0.1) is 0 Å². The first-order valence-electron chi connectivity index (χ1n) is 10.2. The van der Waals surface area contributed by atoms with Gasteiger partial charge in [0.2, 0.25) is 5.89 Å². The molecule has 4 heterocycles. The fraction of sp³-hybridized carbons (Fsp3) is 0.350. The predicted molar refractivity (Wildman–Crippen MR) is 105 cm³/mol. The third kappa shape index (κ3) is 2.63. The van der Waals surface area contributed by atoms with Crippen LogP contribution in [0.5, 0.6) is 0 Å². The number of aryl methyl sites for hydroxylation is 1. The normalized spacial score (nSPS) is 23.1. The van der Waals surface area contributed by atoms with Crippen molar-refractivity contribution >= 4 is 16.9 Å². The van der Waals surface area contributed by atoms with Crippen LogP contribution in [0.15, 0.2) is 46.2 Å². The van der Waals surface area contributed by atoms with E-state index in [4.69, 9.17) is 5.89 Å². The summed E-state index contributed by atoms with van der Waals surface area (Å²) in [4.78, 5) is 27.5. The van der Waals surface area contributed by atoms with Gasteiger partial charge in [-0.1, -0.05) is 11.2 Å². The molecule has 152 valence electrons. The molecule has 1 aliphatic carbocycles. The van der Waals surface area contributed by atoms with Crippen LogP contribution < -0.4 is 10.5 Å². The summed E-state index contributed by atoms with van der Waals surface area (Å²) in [5.74, 6) is 1.81. The number of aromatic nitrogens is 6. The number of hydrogen-bond donors (Lipinski definition) is 0. The van der Waals surface area contributed by atoms with Gasteiger partial charge in [-0.3, -0.25) is 9.36 Å². The van der Waals surface area contributed by atoms with Gasteiger partial charge >= 0.3 is 0 Å². The minimum Gasteiger partial charge on any atom is -0.371 e. The molecule has 0 bridgehead atoms. The number of halogens is 1. The molecule has 3 atom stereocenters. The molecule has 2 aliphatic rings. The molecule has 1 saturated heterocycles. The van der Waals surface area contributed by atoms with Crippen molar-refractivity contribution in [3.63, 3.8) is 0 Å². The molecule has 1 saturated carbocycles. The molecule has 6 rings (SSSR count). The smallest absolute Gasteiger partial charge is 0.280 e. The first-order chi connectivity index (χ1) is 15.0. The fourth-order valence-electron chi connectivity index (χ4n) is 4.54. The van der Waals surface area contributed by atoms with Crippen LogP contribution in [0.25, 0.3) is 11.2 Å². The molecule has 0 radical (unpaired) electrons. The predicted octanol–water partition coefficient (Wildman–Crippen LogP) is 1.55. The Hall–Kier alpha value is -3.56. The first kappa shape index (κ1) is 16.3. The zero-order valence-electron chi connectivity index (χ0n) is 17.1. The average Bonchev–Trinajstić information content (AvgIpc) is 3.12. The standard InChI is InChI=1S/C20H18FN7O2/c1-26-9-22-19-17(26)20(29)28(10-23-19)8-15-24-18(25-30-15)16-13-6-27(7-14(13)16)12-4-2-3-11(21)5-12/h2-5,9-10,13-14,16H,6-8H2,1H3/t13-,14+,16?/i9D. The number of nitrogens with zero attached hydrogens (tertiary/aromatic N) is 7. The van der Waals surface area contributed by atoms with Gasteiger partial charge < -0.3 is 14.0 Å². The van der Waals surface area contributed by atoms with Gasteiger partial charge in [0.05, 0.1) is 6.30 Å². The van der Waals surface area contributed by atoms with Crippen LogP contribution in [-0.4, -0.2) is 42.3 Å². The van der Waals surface area contributed by atoms with Crippen molar-refractivity contribution in [2.24, 2.45) is 18.9 Å². The number of piperidine rings is 1. The summed E-state index contributed by atoms with van der Waals surface area (Å²) < 4.78 is 29.4. The number of benzene rings is 1. The van der Waals surface area contributed by atoms with Crippen molar-refractivity contribution in [2.45, 2.75) is 12.5 Å². The minimum atomic E-state index is -0.313. The molecule has 10 heteroatoms. The van der Waals surface area contributed by atoms with E-state index in [1.165, 1.54) is 21.5 Å². The molecule has 9 nitrogen and oxygen atoms in total. The highest BCUT2D eigenvalue weighted by atomic mass is 19.1. The van der Waals surface area contributed by atoms with Crippen molar-refractivity contribution in [3.05, 3.63) is 64.8 Å². The summed E-state index contributed by atoms with van der Waals surface area (Å²) in [7, 11) is 1.61. The van der Waals surface area contributed by atoms with Crippen LogP contribution in [0.4, 0.5) is 10.1 Å². The van der Waals surface area contributed by atoms with E-state index in [1.807, 2.05) is 6.07 Å². The third-order valence-corrected chi connectivity index (χ3v) is 6.09. The second kappa shape index (κ2) is 6.22. The summed E-state index contributed by atoms with van der Waals surface area (Å²) in [6.07, 6.45) is 1.36. The Kier molecular flexibility index (Phi) is 3.37. The maximum absolute atomic E-state index is 13.5. The molecule has 30 heavy (non-hydrogen) atoms. The lowest BCUT2D eigenvalue weighted by atomic mass is 10.2. The van der Waals surface area contributed by atoms with Gasteiger partial charge in [-0.05, 0) is 30.0 Å². The van der Waals surface area contributed by atoms with Crippen LogP contribution in [0.3, 0.4) is 0 Å². The summed E-state index contributed by atoms with van der Waals surface area (Å²) in [6, 6.07) is 6.65. The Labute approximate surface area is 171 Å². The summed E-state index contributed by atoms with van der Waals surface area (Å²) >= 11 is 0. The summed E-state index contributed by atoms with van der Waals surface area (Å²) in [5.41, 5.74) is 1.09. The Bertz CT molecular complexity index is 1370. The van der Waals surface area contributed by atoms with E-state index in [0.29, 0.717) is 23.6 Å². The van der Waals surface area contributed by atoms with Crippen LogP contribution >= 0.6 is 0 Å².